The topological polar surface area (TPSA) is 84.2 Å². The van der Waals surface area contributed by atoms with E-state index in [1.807, 2.05) is 27.0 Å². The molecular weight excluding hydrogens is 334 g/mol. The average molecular weight is 360 g/mol. The maximum Gasteiger partial charge on any atom is 0.251 e. The summed E-state index contributed by atoms with van der Waals surface area (Å²) in [7, 11) is 0. The fraction of sp³-hybridized carbons (Fsp3) is 0.500. The Morgan fingerprint density at radius 2 is 1.96 bits per heavy atom. The predicted octanol–water partition coefficient (Wildman–Crippen LogP) is 2.66. The van der Waals surface area contributed by atoms with Crippen LogP contribution in [0, 0.1) is 0 Å². The summed E-state index contributed by atoms with van der Waals surface area (Å²) in [5, 5.41) is 5.64. The highest BCUT2D eigenvalue weighted by Gasteiger charge is 2.17. The maximum atomic E-state index is 12.1. The van der Waals surface area contributed by atoms with E-state index in [1.165, 1.54) is 0 Å². The van der Waals surface area contributed by atoms with Gasteiger partial charge in [-0.2, -0.15) is 11.8 Å². The number of halogens is 1. The molecule has 1 rings (SSSR count). The van der Waals surface area contributed by atoms with Gasteiger partial charge in [-0.05, 0) is 57.4 Å². The van der Waals surface area contributed by atoms with Crippen molar-refractivity contribution in [1.29, 1.82) is 0 Å². The molecule has 0 aliphatic carbocycles. The van der Waals surface area contributed by atoms with Gasteiger partial charge in [-0.3, -0.25) is 9.59 Å². The number of anilines is 1. The molecule has 0 aliphatic heterocycles. The highest BCUT2D eigenvalue weighted by atomic mass is 35.5. The summed E-state index contributed by atoms with van der Waals surface area (Å²) in [4.78, 5) is 24.1. The van der Waals surface area contributed by atoms with Crippen molar-refractivity contribution in [3.05, 3.63) is 29.8 Å². The van der Waals surface area contributed by atoms with E-state index in [-0.39, 0.29) is 29.8 Å². The second-order valence-electron chi connectivity index (χ2n) is 6.16. The molecule has 4 N–H and O–H groups in total. The Labute approximate surface area is 148 Å². The highest BCUT2D eigenvalue weighted by molar-refractivity contribution is 7.98. The van der Waals surface area contributed by atoms with Gasteiger partial charge < -0.3 is 16.4 Å². The van der Waals surface area contributed by atoms with Crippen LogP contribution in [0.1, 0.15) is 37.6 Å². The molecule has 1 aromatic carbocycles. The first-order chi connectivity index (χ1) is 10.2. The average Bonchev–Trinajstić information content (AvgIpc) is 2.43. The van der Waals surface area contributed by atoms with Gasteiger partial charge in [-0.15, -0.1) is 12.4 Å². The van der Waals surface area contributed by atoms with Crippen molar-refractivity contribution in [3.63, 3.8) is 0 Å². The molecule has 0 radical (unpaired) electrons. The number of nitrogens with two attached hydrogens (primary N) is 1. The van der Waals surface area contributed by atoms with Crippen molar-refractivity contribution in [1.82, 2.24) is 5.32 Å². The minimum atomic E-state index is -0.542. The zero-order valence-corrected chi connectivity index (χ0v) is 15.6. The van der Waals surface area contributed by atoms with Crippen LogP contribution in [0.5, 0.6) is 0 Å². The van der Waals surface area contributed by atoms with Crippen molar-refractivity contribution in [3.8, 4) is 0 Å². The van der Waals surface area contributed by atoms with Crippen LogP contribution in [0.4, 0.5) is 5.69 Å². The number of amides is 2. The summed E-state index contributed by atoms with van der Waals surface area (Å²) in [6.45, 7) is 5.75. The van der Waals surface area contributed by atoms with Gasteiger partial charge in [0.15, 0.2) is 0 Å². The van der Waals surface area contributed by atoms with Crippen LogP contribution in [-0.4, -0.2) is 35.4 Å². The minimum absolute atomic E-state index is 0. The normalized spacial score (nSPS) is 12.0. The van der Waals surface area contributed by atoms with Gasteiger partial charge in [0.2, 0.25) is 5.91 Å². The van der Waals surface area contributed by atoms with Crippen molar-refractivity contribution in [2.75, 3.05) is 17.3 Å². The zero-order chi connectivity index (χ0) is 16.8. The van der Waals surface area contributed by atoms with Crippen molar-refractivity contribution in [2.45, 2.75) is 38.8 Å². The Bertz CT molecular complexity index is 532. The maximum absolute atomic E-state index is 12.1. The van der Waals surface area contributed by atoms with E-state index in [0.717, 1.165) is 5.75 Å². The molecular formula is C16H26ClN3O2S. The molecule has 0 unspecified atom stereocenters. The molecule has 130 valence electrons. The number of benzene rings is 1. The highest BCUT2D eigenvalue weighted by Crippen LogP contribution is 2.13. The summed E-state index contributed by atoms with van der Waals surface area (Å²) in [6, 6.07) is 6.30. The van der Waals surface area contributed by atoms with Crippen molar-refractivity contribution in [2.24, 2.45) is 5.73 Å². The summed E-state index contributed by atoms with van der Waals surface area (Å²) >= 11 is 1.65. The summed E-state index contributed by atoms with van der Waals surface area (Å²) in [6.07, 6.45) is 2.60. The van der Waals surface area contributed by atoms with Gasteiger partial charge in [0.25, 0.3) is 5.91 Å². The van der Waals surface area contributed by atoms with E-state index in [1.54, 1.807) is 36.0 Å². The predicted molar refractivity (Wildman–Crippen MR) is 101 cm³/mol. The van der Waals surface area contributed by atoms with Crippen LogP contribution in [0.2, 0.25) is 0 Å². The third-order valence-electron chi connectivity index (χ3n) is 2.85. The van der Waals surface area contributed by atoms with Crippen LogP contribution in [0.25, 0.3) is 0 Å². The van der Waals surface area contributed by atoms with E-state index in [2.05, 4.69) is 10.6 Å². The molecule has 1 atom stereocenters. The van der Waals surface area contributed by atoms with E-state index in [4.69, 9.17) is 5.73 Å². The molecule has 0 saturated heterocycles. The first-order valence-electron chi connectivity index (χ1n) is 7.21. The molecule has 1 aromatic rings. The number of carbonyl (C=O) groups is 2. The Balaban J connectivity index is 0.00000484. The zero-order valence-electron chi connectivity index (χ0n) is 14.0. The Morgan fingerprint density at radius 3 is 2.52 bits per heavy atom. The smallest absolute Gasteiger partial charge is 0.251 e. The Morgan fingerprint density at radius 1 is 1.30 bits per heavy atom. The van der Waals surface area contributed by atoms with E-state index in [0.29, 0.717) is 17.7 Å². The molecule has 7 heteroatoms. The van der Waals surface area contributed by atoms with E-state index < -0.39 is 6.04 Å². The number of thioether (sulfide) groups is 1. The minimum Gasteiger partial charge on any atom is -0.347 e. The monoisotopic (exact) mass is 359 g/mol. The lowest BCUT2D eigenvalue weighted by Crippen LogP contribution is -2.40. The molecule has 0 spiro atoms. The van der Waals surface area contributed by atoms with Crippen LogP contribution >= 0.6 is 24.2 Å². The van der Waals surface area contributed by atoms with Gasteiger partial charge >= 0.3 is 0 Å². The molecule has 0 saturated carbocycles. The number of hydrogen-bond acceptors (Lipinski definition) is 4. The fourth-order valence-corrected chi connectivity index (χ4v) is 2.25. The number of hydrogen-bond donors (Lipinski definition) is 3. The molecule has 0 aromatic heterocycles. The third-order valence-corrected chi connectivity index (χ3v) is 3.49. The summed E-state index contributed by atoms with van der Waals surface area (Å²) in [5.41, 5.74) is 6.60. The molecule has 0 heterocycles. The lowest BCUT2D eigenvalue weighted by Gasteiger charge is -2.20. The summed E-state index contributed by atoms with van der Waals surface area (Å²) in [5.74, 6) is 0.431. The van der Waals surface area contributed by atoms with Gasteiger partial charge in [-0.25, -0.2) is 0 Å². The second-order valence-corrected chi connectivity index (χ2v) is 7.15. The standard InChI is InChI=1S/C16H25N3O2S.ClH/c1-16(2,3)19-14(20)11-6-5-7-12(10-11)18-15(21)13(17)8-9-22-4;/h5-7,10,13H,8-9,17H2,1-4H3,(H,18,21)(H,19,20);1H/t13-;/m0./s1. The quantitative estimate of drug-likeness (QED) is 0.729. The molecule has 0 fully saturated rings. The van der Waals surface area contributed by atoms with Crippen LogP contribution < -0.4 is 16.4 Å². The summed E-state index contributed by atoms with van der Waals surface area (Å²) < 4.78 is 0. The molecule has 0 aliphatic rings. The number of carbonyl (C=O) groups excluding carboxylic acids is 2. The van der Waals surface area contributed by atoms with Crippen LogP contribution in [0.15, 0.2) is 24.3 Å². The van der Waals surface area contributed by atoms with Gasteiger partial charge in [0, 0.05) is 16.8 Å². The van der Waals surface area contributed by atoms with E-state index in [9.17, 15) is 9.59 Å². The molecule has 23 heavy (non-hydrogen) atoms. The number of nitrogens with one attached hydrogen (secondary N) is 2. The van der Waals surface area contributed by atoms with Crippen LogP contribution in [0.3, 0.4) is 0 Å². The van der Waals surface area contributed by atoms with Gasteiger partial charge in [-0.1, -0.05) is 6.07 Å². The molecule has 5 nitrogen and oxygen atoms in total. The van der Waals surface area contributed by atoms with Gasteiger partial charge in [0.1, 0.15) is 0 Å². The van der Waals surface area contributed by atoms with Crippen molar-refractivity contribution < 1.29 is 9.59 Å². The Kier molecular flexibility index (Phi) is 9.27. The number of rotatable bonds is 6. The van der Waals surface area contributed by atoms with Gasteiger partial charge in [0.05, 0.1) is 6.04 Å². The molecule has 2 amide bonds. The fourth-order valence-electron chi connectivity index (χ4n) is 1.76. The first kappa shape index (κ1) is 21.8. The Hall–Kier alpha value is -1.24. The van der Waals surface area contributed by atoms with Crippen LogP contribution in [-0.2, 0) is 4.79 Å². The second kappa shape index (κ2) is 9.80. The SMILES string of the molecule is CSCC[C@H](N)C(=O)Nc1cccc(C(=O)NC(C)(C)C)c1.Cl. The third kappa shape index (κ3) is 8.25. The lowest BCUT2D eigenvalue weighted by atomic mass is 10.1. The first-order valence-corrected chi connectivity index (χ1v) is 8.60. The molecule has 0 bridgehead atoms. The van der Waals surface area contributed by atoms with Crippen molar-refractivity contribution >= 4 is 41.7 Å². The largest absolute Gasteiger partial charge is 0.347 e. The van der Waals surface area contributed by atoms with E-state index >= 15 is 0 Å². The lowest BCUT2D eigenvalue weighted by molar-refractivity contribution is -0.117.